The lowest BCUT2D eigenvalue weighted by molar-refractivity contribution is -0.383. The standard InChI is InChI=1S/C18H20N6O2/c1-12-9-16(14-6-3-7-15(24(25)26)17(14)20-12)23-8-4-5-13(10-23)18-21-19-11-22(18)2/h3,6-7,9,11,13H,4-5,8,10H2,1-2H3. The van der Waals surface area contributed by atoms with Crippen molar-refractivity contribution < 1.29 is 4.92 Å². The van der Waals surface area contributed by atoms with Crippen LogP contribution < -0.4 is 4.90 Å². The summed E-state index contributed by atoms with van der Waals surface area (Å²) in [5, 5.41) is 20.5. The van der Waals surface area contributed by atoms with E-state index < -0.39 is 0 Å². The number of hydrogen-bond acceptors (Lipinski definition) is 6. The molecule has 0 bridgehead atoms. The van der Waals surface area contributed by atoms with Crippen LogP contribution in [0.4, 0.5) is 11.4 Å². The van der Waals surface area contributed by atoms with Gasteiger partial charge < -0.3 is 9.47 Å². The third kappa shape index (κ3) is 2.77. The van der Waals surface area contributed by atoms with Crippen LogP contribution in [0.15, 0.2) is 30.6 Å². The van der Waals surface area contributed by atoms with E-state index in [1.165, 1.54) is 6.07 Å². The zero-order valence-corrected chi connectivity index (χ0v) is 14.8. The van der Waals surface area contributed by atoms with Crippen molar-refractivity contribution >= 4 is 22.3 Å². The number of nitro benzene ring substituents is 1. The van der Waals surface area contributed by atoms with Gasteiger partial charge in [0, 0.05) is 48.9 Å². The molecule has 1 unspecified atom stereocenters. The summed E-state index contributed by atoms with van der Waals surface area (Å²) in [7, 11) is 1.96. The van der Waals surface area contributed by atoms with Crippen molar-refractivity contribution in [2.75, 3.05) is 18.0 Å². The maximum absolute atomic E-state index is 11.4. The van der Waals surface area contributed by atoms with Crippen molar-refractivity contribution in [1.82, 2.24) is 19.7 Å². The molecule has 0 saturated carbocycles. The summed E-state index contributed by atoms with van der Waals surface area (Å²) in [5.41, 5.74) is 2.29. The van der Waals surface area contributed by atoms with Crippen molar-refractivity contribution in [1.29, 1.82) is 0 Å². The minimum Gasteiger partial charge on any atom is -0.370 e. The Labute approximate surface area is 150 Å². The monoisotopic (exact) mass is 352 g/mol. The van der Waals surface area contributed by atoms with Crippen LogP contribution in [0.1, 0.15) is 30.3 Å². The topological polar surface area (TPSA) is 90.0 Å². The molecule has 0 N–H and O–H groups in total. The molecule has 2 aromatic heterocycles. The predicted molar refractivity (Wildman–Crippen MR) is 98.3 cm³/mol. The first-order valence-corrected chi connectivity index (χ1v) is 8.68. The number of para-hydroxylation sites is 1. The van der Waals surface area contributed by atoms with Crippen LogP contribution in [0.2, 0.25) is 0 Å². The number of anilines is 1. The lowest BCUT2D eigenvalue weighted by atomic mass is 9.96. The fourth-order valence-corrected chi connectivity index (χ4v) is 3.82. The minimum absolute atomic E-state index is 0.0503. The highest BCUT2D eigenvalue weighted by molar-refractivity contribution is 5.97. The fraction of sp³-hybridized carbons (Fsp3) is 0.389. The molecular weight excluding hydrogens is 332 g/mol. The zero-order chi connectivity index (χ0) is 18.3. The molecule has 3 aromatic rings. The SMILES string of the molecule is Cc1cc(N2CCCC(c3nncn3C)C2)c2cccc([N+](=O)[O-])c2n1. The molecule has 1 atom stereocenters. The number of nitrogens with zero attached hydrogens (tertiary/aromatic N) is 6. The Bertz CT molecular complexity index is 983. The lowest BCUT2D eigenvalue weighted by Crippen LogP contribution is -2.35. The first-order valence-electron chi connectivity index (χ1n) is 8.68. The maximum atomic E-state index is 11.4. The summed E-state index contributed by atoms with van der Waals surface area (Å²) in [6.45, 7) is 3.60. The van der Waals surface area contributed by atoms with Crippen LogP contribution >= 0.6 is 0 Å². The minimum atomic E-state index is -0.364. The van der Waals surface area contributed by atoms with Crippen LogP contribution in [0, 0.1) is 17.0 Å². The molecule has 134 valence electrons. The molecule has 3 heterocycles. The molecule has 1 aliphatic rings. The van der Waals surface area contributed by atoms with E-state index in [9.17, 15) is 10.1 Å². The smallest absolute Gasteiger partial charge is 0.295 e. The second-order valence-electron chi connectivity index (χ2n) is 6.80. The summed E-state index contributed by atoms with van der Waals surface area (Å²) in [6, 6.07) is 7.17. The van der Waals surface area contributed by atoms with Gasteiger partial charge in [0.1, 0.15) is 12.2 Å². The molecule has 1 fully saturated rings. The maximum Gasteiger partial charge on any atom is 0.295 e. The number of aromatic nitrogens is 4. The van der Waals surface area contributed by atoms with Gasteiger partial charge in [0.15, 0.2) is 5.52 Å². The van der Waals surface area contributed by atoms with Crippen molar-refractivity contribution in [3.63, 3.8) is 0 Å². The van der Waals surface area contributed by atoms with Crippen molar-refractivity contribution in [3.05, 3.63) is 52.2 Å². The van der Waals surface area contributed by atoms with Crippen LogP contribution in [0.3, 0.4) is 0 Å². The van der Waals surface area contributed by atoms with E-state index >= 15 is 0 Å². The molecular formula is C18H20N6O2. The highest BCUT2D eigenvalue weighted by Gasteiger charge is 2.27. The fourth-order valence-electron chi connectivity index (χ4n) is 3.82. The summed E-state index contributed by atoms with van der Waals surface area (Å²) in [6.07, 6.45) is 3.82. The Morgan fingerprint density at radius 1 is 1.35 bits per heavy atom. The number of fused-ring (bicyclic) bond motifs is 1. The lowest BCUT2D eigenvalue weighted by Gasteiger charge is -2.34. The van der Waals surface area contributed by atoms with Gasteiger partial charge in [-0.3, -0.25) is 10.1 Å². The van der Waals surface area contributed by atoms with E-state index in [0.717, 1.165) is 48.5 Å². The molecule has 8 nitrogen and oxygen atoms in total. The van der Waals surface area contributed by atoms with Crippen LogP contribution in [-0.2, 0) is 7.05 Å². The number of pyridine rings is 1. The van der Waals surface area contributed by atoms with Crippen LogP contribution in [-0.4, -0.2) is 37.8 Å². The normalized spacial score (nSPS) is 17.6. The Kier molecular flexibility index (Phi) is 4.02. The first kappa shape index (κ1) is 16.4. The molecule has 4 rings (SSSR count). The van der Waals surface area contributed by atoms with E-state index in [1.54, 1.807) is 12.4 Å². The Morgan fingerprint density at radius 2 is 2.19 bits per heavy atom. The Hall–Kier alpha value is -3.03. The number of rotatable bonds is 3. The second kappa shape index (κ2) is 6.36. The molecule has 1 saturated heterocycles. The zero-order valence-electron chi connectivity index (χ0n) is 14.8. The number of aryl methyl sites for hydroxylation is 2. The van der Waals surface area contributed by atoms with Gasteiger partial charge in [0.05, 0.1) is 4.92 Å². The van der Waals surface area contributed by atoms with Gasteiger partial charge in [-0.05, 0) is 25.8 Å². The molecule has 8 heteroatoms. The summed E-state index contributed by atoms with van der Waals surface area (Å²) < 4.78 is 1.97. The second-order valence-corrected chi connectivity index (χ2v) is 6.80. The van der Waals surface area contributed by atoms with Crippen LogP contribution in [0.5, 0.6) is 0 Å². The highest BCUT2D eigenvalue weighted by Crippen LogP contribution is 2.35. The van der Waals surface area contributed by atoms with Crippen molar-refractivity contribution in [2.45, 2.75) is 25.7 Å². The number of benzene rings is 1. The van der Waals surface area contributed by atoms with E-state index in [-0.39, 0.29) is 10.6 Å². The molecule has 1 aliphatic heterocycles. The van der Waals surface area contributed by atoms with E-state index in [0.29, 0.717) is 11.4 Å². The van der Waals surface area contributed by atoms with Crippen molar-refractivity contribution in [3.8, 4) is 0 Å². The quantitative estimate of drug-likeness (QED) is 0.532. The van der Waals surface area contributed by atoms with Gasteiger partial charge in [-0.2, -0.15) is 0 Å². The van der Waals surface area contributed by atoms with Gasteiger partial charge in [-0.15, -0.1) is 10.2 Å². The summed E-state index contributed by atoms with van der Waals surface area (Å²) in [4.78, 5) is 17.8. The molecule has 26 heavy (non-hydrogen) atoms. The molecule has 0 amide bonds. The summed E-state index contributed by atoms with van der Waals surface area (Å²) >= 11 is 0. The molecule has 0 spiro atoms. The van der Waals surface area contributed by atoms with Gasteiger partial charge in [0.25, 0.3) is 5.69 Å². The van der Waals surface area contributed by atoms with Gasteiger partial charge in [0.2, 0.25) is 0 Å². The Morgan fingerprint density at radius 3 is 2.92 bits per heavy atom. The van der Waals surface area contributed by atoms with E-state index in [4.69, 9.17) is 0 Å². The molecule has 0 radical (unpaired) electrons. The highest BCUT2D eigenvalue weighted by atomic mass is 16.6. The third-order valence-electron chi connectivity index (χ3n) is 4.99. The number of nitro groups is 1. The predicted octanol–water partition coefficient (Wildman–Crippen LogP) is 2.96. The van der Waals surface area contributed by atoms with E-state index in [2.05, 4.69) is 20.1 Å². The third-order valence-corrected chi connectivity index (χ3v) is 4.99. The van der Waals surface area contributed by atoms with Crippen molar-refractivity contribution in [2.24, 2.45) is 7.05 Å². The van der Waals surface area contributed by atoms with Gasteiger partial charge >= 0.3 is 0 Å². The van der Waals surface area contributed by atoms with Gasteiger partial charge in [-0.1, -0.05) is 12.1 Å². The number of hydrogen-bond donors (Lipinski definition) is 0. The number of non-ortho nitro benzene ring substituents is 1. The largest absolute Gasteiger partial charge is 0.370 e. The molecule has 0 aliphatic carbocycles. The molecule has 1 aromatic carbocycles. The average Bonchev–Trinajstić information content (AvgIpc) is 3.06. The number of piperidine rings is 1. The van der Waals surface area contributed by atoms with Gasteiger partial charge in [-0.25, -0.2) is 4.98 Å². The first-order chi connectivity index (χ1) is 12.5. The van der Waals surface area contributed by atoms with E-state index in [1.807, 2.05) is 30.7 Å². The Balaban J connectivity index is 1.77. The summed E-state index contributed by atoms with van der Waals surface area (Å²) in [5.74, 6) is 1.27. The van der Waals surface area contributed by atoms with Crippen LogP contribution in [0.25, 0.3) is 10.9 Å². The average molecular weight is 352 g/mol.